The number of fused-ring (bicyclic) bond motifs is 1. The summed E-state index contributed by atoms with van der Waals surface area (Å²) in [5.41, 5.74) is 2.14. The van der Waals surface area contributed by atoms with Gasteiger partial charge < -0.3 is 19.1 Å². The highest BCUT2D eigenvalue weighted by atomic mass is 16.6. The first-order valence-electron chi connectivity index (χ1n) is 10.2. The molecule has 0 N–H and O–H groups in total. The van der Waals surface area contributed by atoms with Crippen LogP contribution in [0.15, 0.2) is 48.5 Å². The maximum Gasteiger partial charge on any atom is 0.232 e. The highest BCUT2D eigenvalue weighted by molar-refractivity contribution is 5.88. The van der Waals surface area contributed by atoms with Crippen molar-refractivity contribution in [2.24, 2.45) is 0 Å². The summed E-state index contributed by atoms with van der Waals surface area (Å²) in [5.74, 6) is 2.58. The summed E-state index contributed by atoms with van der Waals surface area (Å²) in [7, 11) is 0. The number of anilines is 1. The van der Waals surface area contributed by atoms with Crippen LogP contribution in [-0.4, -0.2) is 54.3 Å². The minimum atomic E-state index is 0.410. The summed E-state index contributed by atoms with van der Waals surface area (Å²) in [6.07, 6.45) is 1.80. The Bertz CT molecular complexity index is 1140. The van der Waals surface area contributed by atoms with Crippen LogP contribution in [0.5, 0.6) is 11.5 Å². The van der Waals surface area contributed by atoms with Crippen molar-refractivity contribution in [3.63, 3.8) is 0 Å². The molecule has 2 aliphatic rings. The SMILES string of the molecule is N#C/C(=C\c1ccc2c(c1)OCCO2)c1nnc(N2CCOCC2)n1-c1ccccc1. The van der Waals surface area contributed by atoms with E-state index in [-0.39, 0.29) is 0 Å². The molecule has 0 bridgehead atoms. The first-order valence-corrected chi connectivity index (χ1v) is 10.2. The Labute approximate surface area is 179 Å². The molecule has 0 spiro atoms. The molecule has 0 amide bonds. The van der Waals surface area contributed by atoms with Crippen LogP contribution in [0.25, 0.3) is 17.3 Å². The Morgan fingerprint density at radius 1 is 0.935 bits per heavy atom. The lowest BCUT2D eigenvalue weighted by molar-refractivity contribution is 0.122. The van der Waals surface area contributed by atoms with E-state index in [4.69, 9.17) is 14.2 Å². The third-order valence-electron chi connectivity index (χ3n) is 5.19. The first-order chi connectivity index (χ1) is 15.3. The van der Waals surface area contributed by atoms with E-state index >= 15 is 0 Å². The Morgan fingerprint density at radius 3 is 2.48 bits per heavy atom. The molecule has 0 radical (unpaired) electrons. The maximum absolute atomic E-state index is 9.98. The lowest BCUT2D eigenvalue weighted by atomic mass is 10.1. The standard InChI is InChI=1S/C23H21N5O3/c24-16-18(14-17-6-7-20-21(15-17)31-13-12-30-20)22-25-26-23(27-8-10-29-11-9-27)28(22)19-4-2-1-3-5-19/h1-7,14-15H,8-13H2/b18-14+. The van der Waals surface area contributed by atoms with Crippen molar-refractivity contribution in [1.29, 1.82) is 5.26 Å². The Kier molecular flexibility index (Phi) is 5.25. The van der Waals surface area contributed by atoms with Crippen molar-refractivity contribution >= 4 is 17.6 Å². The number of nitriles is 1. The van der Waals surface area contributed by atoms with Gasteiger partial charge in [-0.25, -0.2) is 0 Å². The van der Waals surface area contributed by atoms with Crippen LogP contribution in [0.3, 0.4) is 0 Å². The van der Waals surface area contributed by atoms with Gasteiger partial charge in [0.2, 0.25) is 5.95 Å². The minimum Gasteiger partial charge on any atom is -0.486 e. The van der Waals surface area contributed by atoms with E-state index in [2.05, 4.69) is 21.2 Å². The molecule has 3 aromatic rings. The molecule has 1 aromatic heterocycles. The number of nitrogens with zero attached hydrogens (tertiary/aromatic N) is 5. The fourth-order valence-electron chi connectivity index (χ4n) is 3.70. The number of hydrogen-bond donors (Lipinski definition) is 0. The van der Waals surface area contributed by atoms with Crippen LogP contribution in [0, 0.1) is 11.3 Å². The third kappa shape index (κ3) is 3.83. The second-order valence-corrected chi connectivity index (χ2v) is 7.17. The van der Waals surface area contributed by atoms with Gasteiger partial charge in [0.05, 0.1) is 24.5 Å². The molecule has 3 heterocycles. The molecule has 0 aliphatic carbocycles. The van der Waals surface area contributed by atoms with E-state index in [1.165, 1.54) is 0 Å². The number of hydrogen-bond acceptors (Lipinski definition) is 7. The zero-order chi connectivity index (χ0) is 21.0. The second-order valence-electron chi connectivity index (χ2n) is 7.17. The van der Waals surface area contributed by atoms with Crippen molar-refractivity contribution in [2.45, 2.75) is 0 Å². The summed E-state index contributed by atoms with van der Waals surface area (Å²) in [6, 6.07) is 17.8. The van der Waals surface area contributed by atoms with E-state index in [9.17, 15) is 5.26 Å². The molecule has 1 saturated heterocycles. The van der Waals surface area contributed by atoms with E-state index < -0.39 is 0 Å². The van der Waals surface area contributed by atoms with Gasteiger partial charge in [-0.15, -0.1) is 10.2 Å². The van der Waals surface area contributed by atoms with Gasteiger partial charge in [0.1, 0.15) is 19.3 Å². The molecule has 1 fully saturated rings. The van der Waals surface area contributed by atoms with Gasteiger partial charge in [-0.2, -0.15) is 5.26 Å². The van der Waals surface area contributed by atoms with Gasteiger partial charge in [-0.3, -0.25) is 4.57 Å². The Balaban J connectivity index is 1.59. The average molecular weight is 415 g/mol. The number of benzene rings is 2. The molecule has 8 nitrogen and oxygen atoms in total. The molecule has 0 atom stereocenters. The zero-order valence-electron chi connectivity index (χ0n) is 16.9. The smallest absolute Gasteiger partial charge is 0.232 e. The third-order valence-corrected chi connectivity index (χ3v) is 5.19. The van der Waals surface area contributed by atoms with Crippen molar-refractivity contribution in [2.75, 3.05) is 44.4 Å². The number of ether oxygens (including phenoxy) is 3. The topological polar surface area (TPSA) is 85.4 Å². The molecule has 2 aliphatic heterocycles. The summed E-state index contributed by atoms with van der Waals surface area (Å²) >= 11 is 0. The van der Waals surface area contributed by atoms with Crippen LogP contribution in [0.4, 0.5) is 5.95 Å². The predicted molar refractivity (Wildman–Crippen MR) is 115 cm³/mol. The van der Waals surface area contributed by atoms with Gasteiger partial charge in [-0.05, 0) is 35.9 Å². The molecule has 0 unspecified atom stereocenters. The van der Waals surface area contributed by atoms with Gasteiger partial charge in [0.25, 0.3) is 0 Å². The van der Waals surface area contributed by atoms with Gasteiger partial charge in [0, 0.05) is 13.1 Å². The number of rotatable bonds is 4. The fourth-order valence-corrected chi connectivity index (χ4v) is 3.70. The monoisotopic (exact) mass is 415 g/mol. The minimum absolute atomic E-state index is 0.410. The number of allylic oxidation sites excluding steroid dienone is 1. The quantitative estimate of drug-likeness (QED) is 0.606. The maximum atomic E-state index is 9.98. The van der Waals surface area contributed by atoms with Crippen molar-refractivity contribution < 1.29 is 14.2 Å². The molecular formula is C23H21N5O3. The summed E-state index contributed by atoms with van der Waals surface area (Å²) in [4.78, 5) is 2.13. The molecule has 31 heavy (non-hydrogen) atoms. The van der Waals surface area contributed by atoms with Crippen LogP contribution < -0.4 is 14.4 Å². The molecule has 5 rings (SSSR count). The summed E-state index contributed by atoms with van der Waals surface area (Å²) in [6.45, 7) is 3.76. The van der Waals surface area contributed by atoms with E-state index in [0.29, 0.717) is 55.3 Å². The highest BCUT2D eigenvalue weighted by Crippen LogP contribution is 2.32. The molecule has 8 heteroatoms. The highest BCUT2D eigenvalue weighted by Gasteiger charge is 2.23. The molecule has 2 aromatic carbocycles. The van der Waals surface area contributed by atoms with E-state index in [1.54, 1.807) is 6.08 Å². The lowest BCUT2D eigenvalue weighted by Gasteiger charge is -2.28. The molecular weight excluding hydrogens is 394 g/mol. The summed E-state index contributed by atoms with van der Waals surface area (Å²) in [5, 5.41) is 18.8. The fraction of sp³-hybridized carbons (Fsp3) is 0.261. The van der Waals surface area contributed by atoms with E-state index in [0.717, 1.165) is 24.3 Å². The second kappa shape index (κ2) is 8.50. The van der Waals surface area contributed by atoms with E-state index in [1.807, 2.05) is 53.1 Å². The van der Waals surface area contributed by atoms with Crippen molar-refractivity contribution in [3.05, 3.63) is 59.9 Å². The predicted octanol–water partition coefficient (Wildman–Crippen LogP) is 2.94. The van der Waals surface area contributed by atoms with Crippen LogP contribution in [-0.2, 0) is 4.74 Å². The van der Waals surface area contributed by atoms with Gasteiger partial charge in [0.15, 0.2) is 17.3 Å². The van der Waals surface area contributed by atoms with Gasteiger partial charge in [-0.1, -0.05) is 24.3 Å². The average Bonchev–Trinajstić information content (AvgIpc) is 3.28. The van der Waals surface area contributed by atoms with Crippen LogP contribution in [0.2, 0.25) is 0 Å². The number of morpholine rings is 1. The largest absolute Gasteiger partial charge is 0.486 e. The number of para-hydroxylation sites is 1. The first kappa shape index (κ1) is 19.2. The molecule has 0 saturated carbocycles. The Morgan fingerprint density at radius 2 is 1.71 bits per heavy atom. The molecule has 156 valence electrons. The zero-order valence-corrected chi connectivity index (χ0v) is 16.9. The normalized spacial score (nSPS) is 16.1. The Hall–Kier alpha value is -3.83. The summed E-state index contributed by atoms with van der Waals surface area (Å²) < 4.78 is 18.7. The lowest BCUT2D eigenvalue weighted by Crippen LogP contribution is -2.38. The van der Waals surface area contributed by atoms with Gasteiger partial charge >= 0.3 is 0 Å². The van der Waals surface area contributed by atoms with Crippen molar-refractivity contribution in [3.8, 4) is 23.3 Å². The number of aromatic nitrogens is 3. The van der Waals surface area contributed by atoms with Crippen LogP contribution >= 0.6 is 0 Å². The van der Waals surface area contributed by atoms with Crippen molar-refractivity contribution in [1.82, 2.24) is 14.8 Å². The van der Waals surface area contributed by atoms with Crippen LogP contribution in [0.1, 0.15) is 11.4 Å².